The number of benzene rings is 1. The SMILES string of the molecule is CCCCCCC1CCC(c2noc(-c3ccc(OC)c(OC)c3)n2)CC1. The molecule has 0 aliphatic heterocycles. The molecule has 5 nitrogen and oxygen atoms in total. The molecule has 27 heavy (non-hydrogen) atoms. The molecule has 0 radical (unpaired) electrons. The standard InChI is InChI=1S/C22H32N2O3/c1-4-5-6-7-8-16-9-11-17(12-10-16)21-23-22(27-24-21)18-13-14-19(25-2)20(15-18)26-3/h13-17H,4-12H2,1-3H3. The second kappa shape index (κ2) is 9.77. The Morgan fingerprint density at radius 3 is 2.48 bits per heavy atom. The van der Waals surface area contributed by atoms with Crippen molar-refractivity contribution in [3.05, 3.63) is 24.0 Å². The molecule has 1 aromatic carbocycles. The summed E-state index contributed by atoms with van der Waals surface area (Å²) in [5, 5.41) is 4.27. The zero-order valence-corrected chi connectivity index (χ0v) is 16.9. The molecule has 1 heterocycles. The summed E-state index contributed by atoms with van der Waals surface area (Å²) in [6.45, 7) is 2.27. The van der Waals surface area contributed by atoms with Gasteiger partial charge in [-0.15, -0.1) is 0 Å². The number of methoxy groups -OCH3 is 2. The summed E-state index contributed by atoms with van der Waals surface area (Å²) in [7, 11) is 3.25. The minimum Gasteiger partial charge on any atom is -0.493 e. The van der Waals surface area contributed by atoms with Crippen LogP contribution in [0, 0.1) is 5.92 Å². The summed E-state index contributed by atoms with van der Waals surface area (Å²) in [5.41, 5.74) is 0.857. The van der Waals surface area contributed by atoms with Gasteiger partial charge in [-0.3, -0.25) is 0 Å². The number of aromatic nitrogens is 2. The Bertz CT molecular complexity index is 705. The molecule has 3 rings (SSSR count). The van der Waals surface area contributed by atoms with E-state index >= 15 is 0 Å². The van der Waals surface area contributed by atoms with Gasteiger partial charge in [0.15, 0.2) is 17.3 Å². The third kappa shape index (κ3) is 5.02. The largest absolute Gasteiger partial charge is 0.493 e. The van der Waals surface area contributed by atoms with Gasteiger partial charge < -0.3 is 14.0 Å². The Labute approximate surface area is 162 Å². The highest BCUT2D eigenvalue weighted by Gasteiger charge is 2.26. The fraction of sp³-hybridized carbons (Fsp3) is 0.636. The first-order chi connectivity index (χ1) is 13.2. The molecule has 0 amide bonds. The van der Waals surface area contributed by atoms with Crippen molar-refractivity contribution in [1.29, 1.82) is 0 Å². The van der Waals surface area contributed by atoms with Crippen molar-refractivity contribution < 1.29 is 14.0 Å². The van der Waals surface area contributed by atoms with Crippen LogP contribution in [0.25, 0.3) is 11.5 Å². The first kappa shape index (κ1) is 19.7. The Morgan fingerprint density at radius 1 is 1.00 bits per heavy atom. The van der Waals surface area contributed by atoms with E-state index in [4.69, 9.17) is 14.0 Å². The van der Waals surface area contributed by atoms with Crippen LogP contribution in [-0.4, -0.2) is 24.4 Å². The lowest BCUT2D eigenvalue weighted by Crippen LogP contribution is -2.14. The third-order valence-corrected chi connectivity index (χ3v) is 5.75. The molecule has 0 atom stereocenters. The van der Waals surface area contributed by atoms with E-state index in [1.807, 2.05) is 18.2 Å². The highest BCUT2D eigenvalue weighted by atomic mass is 16.5. The maximum Gasteiger partial charge on any atom is 0.258 e. The molecule has 1 aliphatic rings. The number of hydrogen-bond donors (Lipinski definition) is 0. The smallest absolute Gasteiger partial charge is 0.258 e. The molecular formula is C22H32N2O3. The summed E-state index contributed by atoms with van der Waals surface area (Å²) in [6.07, 6.45) is 11.8. The average Bonchev–Trinajstić information content (AvgIpc) is 3.21. The van der Waals surface area contributed by atoms with Crippen LogP contribution in [0.1, 0.15) is 76.5 Å². The van der Waals surface area contributed by atoms with Crippen LogP contribution in [0.2, 0.25) is 0 Å². The topological polar surface area (TPSA) is 57.4 Å². The van der Waals surface area contributed by atoms with Crippen LogP contribution < -0.4 is 9.47 Å². The van der Waals surface area contributed by atoms with E-state index in [1.165, 1.54) is 57.8 Å². The summed E-state index contributed by atoms with van der Waals surface area (Å²) < 4.78 is 16.2. The van der Waals surface area contributed by atoms with Gasteiger partial charge in [0.25, 0.3) is 5.89 Å². The highest BCUT2D eigenvalue weighted by Crippen LogP contribution is 2.38. The molecule has 1 aromatic heterocycles. The van der Waals surface area contributed by atoms with Crippen LogP contribution >= 0.6 is 0 Å². The van der Waals surface area contributed by atoms with Gasteiger partial charge in [-0.05, 0) is 49.8 Å². The van der Waals surface area contributed by atoms with Gasteiger partial charge in [0, 0.05) is 11.5 Å². The quantitative estimate of drug-likeness (QED) is 0.505. The van der Waals surface area contributed by atoms with E-state index in [-0.39, 0.29) is 0 Å². The van der Waals surface area contributed by atoms with Crippen molar-refractivity contribution in [2.24, 2.45) is 5.92 Å². The molecule has 0 bridgehead atoms. The van der Waals surface area contributed by atoms with Gasteiger partial charge >= 0.3 is 0 Å². The average molecular weight is 373 g/mol. The van der Waals surface area contributed by atoms with Gasteiger partial charge in [-0.2, -0.15) is 4.98 Å². The molecule has 5 heteroatoms. The molecule has 2 aromatic rings. The lowest BCUT2D eigenvalue weighted by Gasteiger charge is -2.26. The summed E-state index contributed by atoms with van der Waals surface area (Å²) in [4.78, 5) is 4.67. The Kier molecular flexibility index (Phi) is 7.13. The number of rotatable bonds is 9. The molecule has 1 aliphatic carbocycles. The number of nitrogens with zero attached hydrogens (tertiary/aromatic N) is 2. The van der Waals surface area contributed by atoms with Crippen molar-refractivity contribution in [3.8, 4) is 23.0 Å². The first-order valence-corrected chi connectivity index (χ1v) is 10.3. The van der Waals surface area contributed by atoms with Gasteiger partial charge in [0.2, 0.25) is 0 Å². The summed E-state index contributed by atoms with van der Waals surface area (Å²) >= 11 is 0. The van der Waals surface area contributed by atoms with E-state index in [0.29, 0.717) is 23.3 Å². The van der Waals surface area contributed by atoms with Gasteiger partial charge in [-0.1, -0.05) is 44.2 Å². The predicted molar refractivity (Wildman–Crippen MR) is 106 cm³/mol. The molecule has 0 saturated heterocycles. The van der Waals surface area contributed by atoms with Gasteiger partial charge in [0.05, 0.1) is 14.2 Å². The molecular weight excluding hydrogens is 340 g/mol. The minimum atomic E-state index is 0.425. The number of unbranched alkanes of at least 4 members (excludes halogenated alkanes) is 3. The van der Waals surface area contributed by atoms with Crippen LogP contribution in [0.5, 0.6) is 11.5 Å². The normalized spacial score (nSPS) is 19.8. The highest BCUT2D eigenvalue weighted by molar-refractivity contribution is 5.59. The van der Waals surface area contributed by atoms with E-state index < -0.39 is 0 Å². The van der Waals surface area contributed by atoms with Gasteiger partial charge in [-0.25, -0.2) is 0 Å². The fourth-order valence-electron chi connectivity index (χ4n) is 4.06. The van der Waals surface area contributed by atoms with Crippen molar-refractivity contribution >= 4 is 0 Å². The second-order valence-corrected chi connectivity index (χ2v) is 7.59. The van der Waals surface area contributed by atoms with Crippen LogP contribution in [0.15, 0.2) is 22.7 Å². The lowest BCUT2D eigenvalue weighted by molar-refractivity contribution is 0.291. The second-order valence-electron chi connectivity index (χ2n) is 7.59. The van der Waals surface area contributed by atoms with E-state index in [1.54, 1.807) is 14.2 Å². The fourth-order valence-corrected chi connectivity index (χ4v) is 4.06. The maximum absolute atomic E-state index is 5.54. The Balaban J connectivity index is 1.57. The number of ether oxygens (including phenoxy) is 2. The Morgan fingerprint density at radius 2 is 1.78 bits per heavy atom. The van der Waals surface area contributed by atoms with E-state index in [2.05, 4.69) is 17.1 Å². The monoisotopic (exact) mass is 372 g/mol. The van der Waals surface area contributed by atoms with Crippen molar-refractivity contribution in [2.75, 3.05) is 14.2 Å². The number of hydrogen-bond acceptors (Lipinski definition) is 5. The zero-order valence-electron chi connectivity index (χ0n) is 16.9. The lowest BCUT2D eigenvalue weighted by atomic mass is 9.79. The maximum atomic E-state index is 5.54. The molecule has 148 valence electrons. The van der Waals surface area contributed by atoms with Crippen molar-refractivity contribution in [3.63, 3.8) is 0 Å². The molecule has 1 fully saturated rings. The zero-order chi connectivity index (χ0) is 19.1. The van der Waals surface area contributed by atoms with E-state index in [0.717, 1.165) is 17.3 Å². The van der Waals surface area contributed by atoms with Gasteiger partial charge in [0.1, 0.15) is 0 Å². The van der Waals surface area contributed by atoms with Crippen molar-refractivity contribution in [1.82, 2.24) is 10.1 Å². The van der Waals surface area contributed by atoms with E-state index in [9.17, 15) is 0 Å². The third-order valence-electron chi connectivity index (χ3n) is 5.75. The first-order valence-electron chi connectivity index (χ1n) is 10.3. The van der Waals surface area contributed by atoms with Crippen LogP contribution in [-0.2, 0) is 0 Å². The molecule has 0 spiro atoms. The summed E-state index contributed by atoms with van der Waals surface area (Å²) in [5.74, 6) is 4.07. The molecule has 0 unspecified atom stereocenters. The van der Waals surface area contributed by atoms with Crippen LogP contribution in [0.4, 0.5) is 0 Å². The van der Waals surface area contributed by atoms with Crippen molar-refractivity contribution in [2.45, 2.75) is 70.6 Å². The minimum absolute atomic E-state index is 0.425. The molecule has 0 N–H and O–H groups in total. The van der Waals surface area contributed by atoms with Crippen LogP contribution in [0.3, 0.4) is 0 Å². The molecule has 1 saturated carbocycles. The predicted octanol–water partition coefficient (Wildman–Crippen LogP) is 6.00. The summed E-state index contributed by atoms with van der Waals surface area (Å²) in [6, 6.07) is 5.66. The Hall–Kier alpha value is -2.04.